The maximum atomic E-state index is 12.6. The van der Waals surface area contributed by atoms with Gasteiger partial charge in [-0.25, -0.2) is 0 Å². The minimum Gasteiger partial charge on any atom is -0.462 e. The predicted octanol–water partition coefficient (Wildman–Crippen LogP) is 14.7. The average Bonchev–Trinajstić information content (AvgIpc) is 3.14. The molecule has 0 N–H and O–H groups in total. The molecule has 0 aromatic rings. The molecule has 0 amide bonds. The highest BCUT2D eigenvalue weighted by Gasteiger charge is 2.19. The first-order valence-corrected chi connectivity index (χ1v) is 23.4. The molecule has 314 valence electrons. The van der Waals surface area contributed by atoms with E-state index < -0.39 is 6.10 Å². The maximum absolute atomic E-state index is 12.6. The van der Waals surface area contributed by atoms with Gasteiger partial charge in [0, 0.05) is 19.3 Å². The van der Waals surface area contributed by atoms with Gasteiger partial charge in [0.15, 0.2) is 6.10 Å². The Balaban J connectivity index is 4.13. The second kappa shape index (κ2) is 41.6. The summed E-state index contributed by atoms with van der Waals surface area (Å²) in [6.45, 7) is 8.96. The van der Waals surface area contributed by atoms with E-state index in [2.05, 4.69) is 27.7 Å². The van der Waals surface area contributed by atoms with E-state index >= 15 is 0 Å². The Hall–Kier alpha value is -1.59. The molecule has 0 aliphatic rings. The monoisotopic (exact) mass is 751 g/mol. The first-order chi connectivity index (χ1) is 25.9. The normalized spacial score (nSPS) is 11.9. The molecule has 0 heterocycles. The first-order valence-electron chi connectivity index (χ1n) is 23.4. The molecule has 0 aliphatic heterocycles. The SMILES string of the molecule is CCCCCCCCCCCC(=O)O[C@@H](COC(=O)CCCCCCCCC)COC(=O)CCCCCCCCCCCCCCCCCCC(C)C. The predicted molar refractivity (Wildman–Crippen MR) is 224 cm³/mol. The zero-order valence-electron chi connectivity index (χ0n) is 36.0. The van der Waals surface area contributed by atoms with E-state index in [-0.39, 0.29) is 31.1 Å². The molecular formula is C47H90O6. The van der Waals surface area contributed by atoms with Crippen LogP contribution in [0.15, 0.2) is 0 Å². The van der Waals surface area contributed by atoms with Crippen molar-refractivity contribution in [3.8, 4) is 0 Å². The third-order valence-electron chi connectivity index (χ3n) is 10.5. The number of unbranched alkanes of at least 4 members (excludes halogenated alkanes) is 29. The number of hydrogen-bond donors (Lipinski definition) is 0. The lowest BCUT2D eigenvalue weighted by Gasteiger charge is -2.18. The molecule has 0 aromatic carbocycles. The van der Waals surface area contributed by atoms with Crippen LogP contribution >= 0.6 is 0 Å². The summed E-state index contributed by atoms with van der Waals surface area (Å²) in [6, 6.07) is 0. The highest BCUT2D eigenvalue weighted by molar-refractivity contribution is 5.71. The molecule has 6 heteroatoms. The number of esters is 3. The van der Waals surface area contributed by atoms with Gasteiger partial charge in [-0.2, -0.15) is 0 Å². The van der Waals surface area contributed by atoms with Crippen molar-refractivity contribution in [1.82, 2.24) is 0 Å². The van der Waals surface area contributed by atoms with Crippen molar-refractivity contribution in [1.29, 1.82) is 0 Å². The molecule has 0 aromatic heterocycles. The van der Waals surface area contributed by atoms with Gasteiger partial charge in [-0.05, 0) is 25.2 Å². The second-order valence-electron chi connectivity index (χ2n) is 16.5. The van der Waals surface area contributed by atoms with Crippen molar-refractivity contribution in [2.24, 2.45) is 5.92 Å². The fraction of sp³-hybridized carbons (Fsp3) is 0.936. The third kappa shape index (κ3) is 41.4. The van der Waals surface area contributed by atoms with Crippen LogP contribution in [-0.2, 0) is 28.6 Å². The fourth-order valence-corrected chi connectivity index (χ4v) is 6.98. The molecule has 0 saturated heterocycles. The van der Waals surface area contributed by atoms with Crippen LogP contribution in [-0.4, -0.2) is 37.2 Å². The first kappa shape index (κ1) is 51.4. The van der Waals surface area contributed by atoms with Gasteiger partial charge >= 0.3 is 17.9 Å². The summed E-state index contributed by atoms with van der Waals surface area (Å²) in [7, 11) is 0. The Labute approximate surface area is 329 Å². The van der Waals surface area contributed by atoms with Crippen molar-refractivity contribution in [2.45, 2.75) is 265 Å². The maximum Gasteiger partial charge on any atom is 0.306 e. The molecule has 0 rings (SSSR count). The largest absolute Gasteiger partial charge is 0.462 e. The molecule has 0 bridgehead atoms. The van der Waals surface area contributed by atoms with Gasteiger partial charge in [-0.3, -0.25) is 14.4 Å². The van der Waals surface area contributed by atoms with E-state index in [0.29, 0.717) is 19.3 Å². The Bertz CT molecular complexity index is 796. The Morgan fingerprint density at radius 2 is 0.623 bits per heavy atom. The lowest BCUT2D eigenvalue weighted by molar-refractivity contribution is -0.167. The van der Waals surface area contributed by atoms with Crippen molar-refractivity contribution in [3.63, 3.8) is 0 Å². The standard InChI is InChI=1S/C47H90O6/c1-5-7-9-11-13-22-28-32-36-40-47(50)53-44(41-51-45(48)38-34-30-25-12-10-8-6-2)42-52-46(49)39-35-31-27-24-21-19-17-15-14-16-18-20-23-26-29-33-37-43(3)4/h43-44H,5-42H2,1-4H3/t44-/m0/s1. The van der Waals surface area contributed by atoms with Crippen molar-refractivity contribution < 1.29 is 28.6 Å². The van der Waals surface area contributed by atoms with Crippen molar-refractivity contribution in [3.05, 3.63) is 0 Å². The molecule has 0 fully saturated rings. The second-order valence-corrected chi connectivity index (χ2v) is 16.5. The fourth-order valence-electron chi connectivity index (χ4n) is 6.98. The number of hydrogen-bond acceptors (Lipinski definition) is 6. The van der Waals surface area contributed by atoms with Gasteiger partial charge in [0.1, 0.15) is 13.2 Å². The molecular weight excluding hydrogens is 661 g/mol. The summed E-state index contributed by atoms with van der Waals surface area (Å²) in [5, 5.41) is 0. The summed E-state index contributed by atoms with van der Waals surface area (Å²) < 4.78 is 16.6. The smallest absolute Gasteiger partial charge is 0.306 e. The zero-order chi connectivity index (χ0) is 38.9. The van der Waals surface area contributed by atoms with Crippen LogP contribution in [0.3, 0.4) is 0 Å². The quantitative estimate of drug-likeness (QED) is 0.0351. The van der Waals surface area contributed by atoms with E-state index in [9.17, 15) is 14.4 Å². The van der Waals surface area contributed by atoms with Crippen molar-refractivity contribution >= 4 is 17.9 Å². The highest BCUT2D eigenvalue weighted by atomic mass is 16.6. The van der Waals surface area contributed by atoms with Crippen LogP contribution in [0.4, 0.5) is 0 Å². The summed E-state index contributed by atoms with van der Waals surface area (Å²) in [5.41, 5.74) is 0. The number of rotatable bonds is 42. The van der Waals surface area contributed by atoms with Crippen LogP contribution in [0.1, 0.15) is 259 Å². The van der Waals surface area contributed by atoms with Gasteiger partial charge in [0.05, 0.1) is 0 Å². The van der Waals surface area contributed by atoms with E-state index in [1.54, 1.807) is 0 Å². The van der Waals surface area contributed by atoms with Gasteiger partial charge in [0.25, 0.3) is 0 Å². The minimum absolute atomic E-state index is 0.0640. The van der Waals surface area contributed by atoms with E-state index in [0.717, 1.165) is 63.7 Å². The minimum atomic E-state index is -0.757. The molecule has 6 nitrogen and oxygen atoms in total. The Kier molecular flexibility index (Phi) is 40.3. The molecule has 0 unspecified atom stereocenters. The third-order valence-corrected chi connectivity index (χ3v) is 10.5. The number of carbonyl (C=O) groups is 3. The average molecular weight is 751 g/mol. The molecule has 0 radical (unpaired) electrons. The van der Waals surface area contributed by atoms with Gasteiger partial charge in [-0.1, -0.05) is 220 Å². The molecule has 0 aliphatic carbocycles. The topological polar surface area (TPSA) is 78.9 Å². The lowest BCUT2D eigenvalue weighted by Crippen LogP contribution is -2.30. The van der Waals surface area contributed by atoms with Crippen LogP contribution in [0.5, 0.6) is 0 Å². The highest BCUT2D eigenvalue weighted by Crippen LogP contribution is 2.16. The van der Waals surface area contributed by atoms with Crippen LogP contribution < -0.4 is 0 Å². The number of ether oxygens (including phenoxy) is 3. The Morgan fingerprint density at radius 1 is 0.358 bits per heavy atom. The van der Waals surface area contributed by atoms with Crippen molar-refractivity contribution in [2.75, 3.05) is 13.2 Å². The molecule has 53 heavy (non-hydrogen) atoms. The zero-order valence-corrected chi connectivity index (χ0v) is 36.0. The molecule has 0 saturated carbocycles. The van der Waals surface area contributed by atoms with E-state index in [1.165, 1.54) is 154 Å². The number of carbonyl (C=O) groups excluding carboxylic acids is 3. The lowest BCUT2D eigenvalue weighted by atomic mass is 10.0. The van der Waals surface area contributed by atoms with Gasteiger partial charge in [-0.15, -0.1) is 0 Å². The molecule has 0 spiro atoms. The van der Waals surface area contributed by atoms with Crippen LogP contribution in [0.25, 0.3) is 0 Å². The summed E-state index contributed by atoms with van der Waals surface area (Å²) in [4.78, 5) is 37.5. The van der Waals surface area contributed by atoms with Gasteiger partial charge < -0.3 is 14.2 Å². The van der Waals surface area contributed by atoms with Crippen LogP contribution in [0.2, 0.25) is 0 Å². The summed E-state index contributed by atoms with van der Waals surface area (Å²) >= 11 is 0. The van der Waals surface area contributed by atoms with E-state index in [1.807, 2.05) is 0 Å². The van der Waals surface area contributed by atoms with Crippen LogP contribution in [0, 0.1) is 5.92 Å². The summed E-state index contributed by atoms with van der Waals surface area (Å²) in [6.07, 6.45) is 41.1. The Morgan fingerprint density at radius 3 is 0.925 bits per heavy atom. The summed E-state index contributed by atoms with van der Waals surface area (Å²) in [5.74, 6) is -0.00867. The van der Waals surface area contributed by atoms with E-state index in [4.69, 9.17) is 14.2 Å². The molecule has 1 atom stereocenters. The van der Waals surface area contributed by atoms with Gasteiger partial charge in [0.2, 0.25) is 0 Å².